The van der Waals surface area contributed by atoms with Crippen molar-refractivity contribution in [2.75, 3.05) is 18.4 Å². The number of aromatic nitrogens is 2. The molecule has 0 aliphatic carbocycles. The molecule has 3 N–H and O–H groups in total. The number of hydrogen-bond donors (Lipinski definition) is 2. The van der Waals surface area contributed by atoms with Crippen molar-refractivity contribution in [3.8, 4) is 0 Å². The maximum absolute atomic E-state index is 11.9. The normalized spacial score (nSPS) is 16.6. The van der Waals surface area contributed by atoms with Gasteiger partial charge in [0.05, 0.1) is 0 Å². The molecule has 7 nitrogen and oxygen atoms in total. The molecule has 1 aromatic rings. The summed E-state index contributed by atoms with van der Waals surface area (Å²) < 4.78 is 0. The summed E-state index contributed by atoms with van der Waals surface area (Å²) in [4.78, 5) is 24.4. The number of piperidine rings is 1. The molecule has 98 valence electrons. The molecule has 0 atom stereocenters. The van der Waals surface area contributed by atoms with Gasteiger partial charge in [-0.1, -0.05) is 11.3 Å². The highest BCUT2D eigenvalue weighted by Crippen LogP contribution is 2.21. The fraction of sp³-hybridized carbons (Fsp3) is 0.600. The zero-order chi connectivity index (χ0) is 13.0. The predicted octanol–water partition coefficient (Wildman–Crippen LogP) is 0.657. The van der Waals surface area contributed by atoms with Gasteiger partial charge in [0.25, 0.3) is 0 Å². The first-order valence-corrected chi connectivity index (χ1v) is 6.63. The Balaban J connectivity index is 1.79. The van der Waals surface area contributed by atoms with Crippen molar-refractivity contribution in [2.45, 2.75) is 19.3 Å². The molecule has 1 fully saturated rings. The van der Waals surface area contributed by atoms with E-state index in [-0.39, 0.29) is 11.9 Å². The quantitative estimate of drug-likeness (QED) is 0.841. The molecule has 2 heterocycles. The number of carbonyl (C=O) groups is 2. The standard InChI is InChI=1S/C10H15N5O2S/c11-8(16)5-7-1-3-15(4-2-7)10(17)13-9-14-12-6-18-9/h6-7H,1-5H2,(H2,11,16)(H,13,14,17). The average molecular weight is 269 g/mol. The third-order valence-corrected chi connectivity index (χ3v) is 3.57. The Morgan fingerprint density at radius 3 is 2.78 bits per heavy atom. The van der Waals surface area contributed by atoms with Gasteiger partial charge in [0.15, 0.2) is 0 Å². The van der Waals surface area contributed by atoms with Crippen molar-refractivity contribution in [3.63, 3.8) is 0 Å². The third kappa shape index (κ3) is 3.39. The van der Waals surface area contributed by atoms with Crippen LogP contribution in [0.2, 0.25) is 0 Å². The number of urea groups is 1. The number of rotatable bonds is 3. The number of primary amides is 1. The Hall–Kier alpha value is -1.70. The second-order valence-corrected chi connectivity index (χ2v) is 5.11. The lowest BCUT2D eigenvalue weighted by molar-refractivity contribution is -0.119. The van der Waals surface area contributed by atoms with E-state index >= 15 is 0 Å². The van der Waals surface area contributed by atoms with Gasteiger partial charge in [0.1, 0.15) is 5.51 Å². The first kappa shape index (κ1) is 12.7. The van der Waals surface area contributed by atoms with E-state index in [2.05, 4.69) is 15.5 Å². The SMILES string of the molecule is NC(=O)CC1CCN(C(=O)Nc2nncs2)CC1. The van der Waals surface area contributed by atoms with E-state index in [9.17, 15) is 9.59 Å². The van der Waals surface area contributed by atoms with E-state index in [1.807, 2.05) is 0 Å². The second-order valence-electron chi connectivity index (χ2n) is 4.27. The highest BCUT2D eigenvalue weighted by atomic mass is 32.1. The second kappa shape index (κ2) is 5.76. The van der Waals surface area contributed by atoms with Crippen molar-refractivity contribution < 1.29 is 9.59 Å². The molecule has 0 saturated carbocycles. The molecule has 2 rings (SSSR count). The van der Waals surface area contributed by atoms with E-state index in [1.165, 1.54) is 11.3 Å². The van der Waals surface area contributed by atoms with Gasteiger partial charge >= 0.3 is 6.03 Å². The van der Waals surface area contributed by atoms with Gasteiger partial charge in [0, 0.05) is 19.5 Å². The van der Waals surface area contributed by atoms with Crippen LogP contribution in [0, 0.1) is 5.92 Å². The molecule has 1 aliphatic rings. The number of hydrogen-bond acceptors (Lipinski definition) is 5. The Bertz CT molecular complexity index is 414. The molecule has 8 heteroatoms. The van der Waals surface area contributed by atoms with Gasteiger partial charge in [0.2, 0.25) is 11.0 Å². The molecule has 0 spiro atoms. The van der Waals surface area contributed by atoms with E-state index in [0.717, 1.165) is 12.8 Å². The monoisotopic (exact) mass is 269 g/mol. The summed E-state index contributed by atoms with van der Waals surface area (Å²) in [6, 6.07) is -0.163. The summed E-state index contributed by atoms with van der Waals surface area (Å²) in [6.45, 7) is 1.28. The molecule has 1 aromatic heterocycles. The zero-order valence-electron chi connectivity index (χ0n) is 9.83. The number of amides is 3. The number of anilines is 1. The summed E-state index contributed by atoms with van der Waals surface area (Å²) in [7, 11) is 0. The minimum atomic E-state index is -0.272. The number of nitrogens with one attached hydrogen (secondary N) is 1. The topological polar surface area (TPSA) is 101 Å². The summed E-state index contributed by atoms with van der Waals surface area (Å²) in [5, 5.41) is 10.6. The van der Waals surface area contributed by atoms with Gasteiger partial charge in [-0.3, -0.25) is 10.1 Å². The van der Waals surface area contributed by atoms with Crippen LogP contribution in [0.25, 0.3) is 0 Å². The van der Waals surface area contributed by atoms with Gasteiger partial charge in [-0.15, -0.1) is 10.2 Å². The molecular weight excluding hydrogens is 254 g/mol. The third-order valence-electron chi connectivity index (χ3n) is 2.97. The lowest BCUT2D eigenvalue weighted by atomic mass is 9.93. The predicted molar refractivity (Wildman–Crippen MR) is 67.0 cm³/mol. The van der Waals surface area contributed by atoms with Crippen LogP contribution >= 0.6 is 11.3 Å². The first-order valence-electron chi connectivity index (χ1n) is 5.75. The maximum atomic E-state index is 11.9. The molecule has 0 unspecified atom stereocenters. The number of nitrogens with zero attached hydrogens (tertiary/aromatic N) is 3. The fourth-order valence-electron chi connectivity index (χ4n) is 2.02. The number of carbonyl (C=O) groups excluding carboxylic acids is 2. The van der Waals surface area contributed by atoms with Crippen LogP contribution in [0.4, 0.5) is 9.93 Å². The number of nitrogens with two attached hydrogens (primary N) is 1. The molecule has 3 amide bonds. The van der Waals surface area contributed by atoms with Crippen LogP contribution in [-0.4, -0.2) is 40.1 Å². The summed E-state index contributed by atoms with van der Waals surface area (Å²) >= 11 is 1.28. The van der Waals surface area contributed by atoms with E-state index in [0.29, 0.717) is 30.6 Å². The lowest BCUT2D eigenvalue weighted by Crippen LogP contribution is -2.41. The van der Waals surface area contributed by atoms with Crippen molar-refractivity contribution in [1.82, 2.24) is 15.1 Å². The van der Waals surface area contributed by atoms with E-state index in [4.69, 9.17) is 5.73 Å². The molecule has 1 aliphatic heterocycles. The van der Waals surface area contributed by atoms with Gasteiger partial charge in [-0.25, -0.2) is 4.79 Å². The van der Waals surface area contributed by atoms with Crippen LogP contribution in [0.1, 0.15) is 19.3 Å². The summed E-state index contributed by atoms with van der Waals surface area (Å²) in [6.07, 6.45) is 2.03. The van der Waals surface area contributed by atoms with Crippen LogP contribution in [0.15, 0.2) is 5.51 Å². The highest BCUT2D eigenvalue weighted by molar-refractivity contribution is 7.13. The minimum Gasteiger partial charge on any atom is -0.370 e. The summed E-state index contributed by atoms with van der Waals surface area (Å²) in [5.41, 5.74) is 6.73. The van der Waals surface area contributed by atoms with E-state index in [1.54, 1.807) is 10.4 Å². The van der Waals surface area contributed by atoms with Crippen molar-refractivity contribution in [1.29, 1.82) is 0 Å². The molecule has 1 saturated heterocycles. The average Bonchev–Trinajstić information content (AvgIpc) is 2.82. The number of likely N-dealkylation sites (tertiary alicyclic amines) is 1. The molecule has 18 heavy (non-hydrogen) atoms. The van der Waals surface area contributed by atoms with Crippen molar-refractivity contribution >= 4 is 28.4 Å². The Kier molecular flexibility index (Phi) is 4.08. The molecular formula is C10H15N5O2S. The largest absolute Gasteiger partial charge is 0.370 e. The van der Waals surface area contributed by atoms with Crippen molar-refractivity contribution in [2.24, 2.45) is 11.7 Å². The Morgan fingerprint density at radius 2 is 2.22 bits per heavy atom. The van der Waals surface area contributed by atoms with Crippen LogP contribution in [-0.2, 0) is 4.79 Å². The maximum Gasteiger partial charge on any atom is 0.323 e. The molecule has 0 bridgehead atoms. The summed E-state index contributed by atoms with van der Waals surface area (Å²) in [5.74, 6) is 0.0276. The Labute approximate surface area is 108 Å². The zero-order valence-corrected chi connectivity index (χ0v) is 10.7. The first-order chi connectivity index (χ1) is 8.65. The van der Waals surface area contributed by atoms with Crippen molar-refractivity contribution in [3.05, 3.63) is 5.51 Å². The van der Waals surface area contributed by atoms with Crippen LogP contribution in [0.5, 0.6) is 0 Å². The molecule has 0 aromatic carbocycles. The molecule has 0 radical (unpaired) electrons. The minimum absolute atomic E-state index is 0.163. The van der Waals surface area contributed by atoms with Gasteiger partial charge in [-0.2, -0.15) is 0 Å². The van der Waals surface area contributed by atoms with Crippen LogP contribution < -0.4 is 11.1 Å². The fourth-order valence-corrected chi connectivity index (χ4v) is 2.46. The lowest BCUT2D eigenvalue weighted by Gasteiger charge is -2.31. The Morgan fingerprint density at radius 1 is 1.50 bits per heavy atom. The van der Waals surface area contributed by atoms with Gasteiger partial charge < -0.3 is 10.6 Å². The highest BCUT2D eigenvalue weighted by Gasteiger charge is 2.24. The van der Waals surface area contributed by atoms with E-state index < -0.39 is 0 Å². The smallest absolute Gasteiger partial charge is 0.323 e. The van der Waals surface area contributed by atoms with Crippen LogP contribution in [0.3, 0.4) is 0 Å². The van der Waals surface area contributed by atoms with Gasteiger partial charge in [-0.05, 0) is 18.8 Å².